The molecule has 0 aliphatic carbocycles. The third-order valence-electron chi connectivity index (χ3n) is 1.80. The van der Waals surface area contributed by atoms with E-state index in [0.29, 0.717) is 0 Å². The van der Waals surface area contributed by atoms with Gasteiger partial charge < -0.3 is 15.2 Å². The van der Waals surface area contributed by atoms with E-state index < -0.39 is 5.91 Å². The van der Waals surface area contributed by atoms with Gasteiger partial charge in [0.05, 0.1) is 24.3 Å². The van der Waals surface area contributed by atoms with Crippen LogP contribution in [0.4, 0.5) is 0 Å². The van der Waals surface area contributed by atoms with E-state index in [9.17, 15) is 4.79 Å². The Labute approximate surface area is 96.9 Å². The third kappa shape index (κ3) is 2.11. The fraction of sp³-hybridized carbons (Fsp3) is 0.222. The van der Waals surface area contributed by atoms with E-state index in [1.54, 1.807) is 0 Å². The molecule has 2 N–H and O–H groups in total. The Kier molecular flexibility index (Phi) is 3.66. The van der Waals surface area contributed by atoms with Gasteiger partial charge in [-0.05, 0) is 6.07 Å². The molecule has 0 saturated heterocycles. The van der Waals surface area contributed by atoms with Gasteiger partial charge in [-0.1, -0.05) is 23.2 Å². The molecule has 1 rings (SSSR count). The molecule has 0 radical (unpaired) electrons. The summed E-state index contributed by atoms with van der Waals surface area (Å²) in [5, 5.41) is 0.411. The van der Waals surface area contributed by atoms with Gasteiger partial charge in [-0.25, -0.2) is 0 Å². The van der Waals surface area contributed by atoms with Crippen molar-refractivity contribution in [2.45, 2.75) is 0 Å². The SMILES string of the molecule is COc1c(Cl)cc(Cl)c(OC)c1C(N)=O. The largest absolute Gasteiger partial charge is 0.494 e. The Morgan fingerprint density at radius 1 is 1.20 bits per heavy atom. The first-order valence-electron chi connectivity index (χ1n) is 3.92. The summed E-state index contributed by atoms with van der Waals surface area (Å²) in [6, 6.07) is 1.42. The van der Waals surface area contributed by atoms with Gasteiger partial charge in [-0.15, -0.1) is 0 Å². The minimum atomic E-state index is -0.715. The second-order valence-corrected chi connectivity index (χ2v) is 3.46. The van der Waals surface area contributed by atoms with Crippen LogP contribution < -0.4 is 15.2 Å². The maximum absolute atomic E-state index is 11.2. The molecule has 0 saturated carbocycles. The number of methoxy groups -OCH3 is 2. The minimum absolute atomic E-state index is 0.0394. The number of benzene rings is 1. The van der Waals surface area contributed by atoms with Crippen molar-refractivity contribution in [3.05, 3.63) is 21.7 Å². The van der Waals surface area contributed by atoms with Gasteiger partial charge in [-0.2, -0.15) is 0 Å². The van der Waals surface area contributed by atoms with Crippen LogP contribution in [0.5, 0.6) is 11.5 Å². The van der Waals surface area contributed by atoms with Gasteiger partial charge in [0, 0.05) is 0 Å². The topological polar surface area (TPSA) is 61.6 Å². The number of carbonyl (C=O) groups excluding carboxylic acids is 1. The van der Waals surface area contributed by atoms with Crippen LogP contribution in [-0.4, -0.2) is 20.1 Å². The highest BCUT2D eigenvalue weighted by Crippen LogP contribution is 2.40. The first kappa shape index (κ1) is 11.9. The number of rotatable bonds is 3. The number of amides is 1. The van der Waals surface area contributed by atoms with E-state index in [-0.39, 0.29) is 27.1 Å². The second-order valence-electron chi connectivity index (χ2n) is 2.65. The third-order valence-corrected chi connectivity index (χ3v) is 2.36. The summed E-state index contributed by atoms with van der Waals surface area (Å²) in [4.78, 5) is 11.2. The van der Waals surface area contributed by atoms with Crippen molar-refractivity contribution in [1.29, 1.82) is 0 Å². The summed E-state index contributed by atoms with van der Waals surface area (Å²) in [6.07, 6.45) is 0. The predicted molar refractivity (Wildman–Crippen MR) is 58.1 cm³/mol. The van der Waals surface area contributed by atoms with Crippen LogP contribution in [0.25, 0.3) is 0 Å². The number of hydrogen-bond donors (Lipinski definition) is 1. The number of ether oxygens (including phenoxy) is 2. The Hall–Kier alpha value is -1.13. The van der Waals surface area contributed by atoms with E-state index in [2.05, 4.69) is 0 Å². The Morgan fingerprint density at radius 2 is 1.60 bits per heavy atom. The van der Waals surface area contributed by atoms with Crippen molar-refractivity contribution in [3.63, 3.8) is 0 Å². The molecule has 82 valence electrons. The van der Waals surface area contributed by atoms with Crippen molar-refractivity contribution in [1.82, 2.24) is 0 Å². The smallest absolute Gasteiger partial charge is 0.256 e. The van der Waals surface area contributed by atoms with Gasteiger partial charge in [0.15, 0.2) is 11.5 Å². The van der Waals surface area contributed by atoms with E-state index in [0.717, 1.165) is 0 Å². The quantitative estimate of drug-likeness (QED) is 0.893. The molecule has 0 spiro atoms. The van der Waals surface area contributed by atoms with Crippen LogP contribution >= 0.6 is 23.2 Å². The van der Waals surface area contributed by atoms with E-state index >= 15 is 0 Å². The molecule has 0 aromatic heterocycles. The molecule has 0 aliphatic heterocycles. The lowest BCUT2D eigenvalue weighted by Crippen LogP contribution is -2.14. The Bertz CT molecular complexity index is 379. The van der Waals surface area contributed by atoms with Crippen molar-refractivity contribution in [2.75, 3.05) is 14.2 Å². The zero-order valence-corrected chi connectivity index (χ0v) is 9.65. The minimum Gasteiger partial charge on any atom is -0.494 e. The van der Waals surface area contributed by atoms with Gasteiger partial charge >= 0.3 is 0 Å². The number of primary amides is 1. The lowest BCUT2D eigenvalue weighted by atomic mass is 10.1. The molecule has 0 bridgehead atoms. The van der Waals surface area contributed by atoms with Crippen molar-refractivity contribution in [2.24, 2.45) is 5.73 Å². The molecule has 15 heavy (non-hydrogen) atoms. The van der Waals surface area contributed by atoms with Crippen molar-refractivity contribution >= 4 is 29.1 Å². The average molecular weight is 250 g/mol. The summed E-state index contributed by atoms with van der Waals surface area (Å²) in [5.74, 6) is -0.399. The monoisotopic (exact) mass is 249 g/mol. The van der Waals surface area contributed by atoms with Crippen LogP contribution in [0.2, 0.25) is 10.0 Å². The van der Waals surface area contributed by atoms with E-state index in [1.165, 1.54) is 20.3 Å². The molecular formula is C9H9Cl2NO3. The van der Waals surface area contributed by atoms with Crippen LogP contribution in [0, 0.1) is 0 Å². The zero-order chi connectivity index (χ0) is 11.6. The predicted octanol–water partition coefficient (Wildman–Crippen LogP) is 2.11. The zero-order valence-electron chi connectivity index (χ0n) is 8.14. The Balaban J connectivity index is 3.58. The molecule has 0 unspecified atom stereocenters. The summed E-state index contributed by atoms with van der Waals surface area (Å²) in [5.41, 5.74) is 5.23. The fourth-order valence-corrected chi connectivity index (χ4v) is 1.82. The normalized spacial score (nSPS) is 9.87. The molecule has 0 heterocycles. The summed E-state index contributed by atoms with van der Waals surface area (Å²) < 4.78 is 9.93. The highest BCUT2D eigenvalue weighted by Gasteiger charge is 2.22. The molecule has 1 amide bonds. The average Bonchev–Trinajstić information content (AvgIpc) is 2.16. The van der Waals surface area contributed by atoms with Gasteiger partial charge in [0.25, 0.3) is 5.91 Å². The van der Waals surface area contributed by atoms with Gasteiger partial charge in [0.2, 0.25) is 0 Å². The van der Waals surface area contributed by atoms with E-state index in [4.69, 9.17) is 38.4 Å². The summed E-state index contributed by atoms with van der Waals surface area (Å²) in [6.45, 7) is 0. The molecule has 0 aliphatic rings. The molecular weight excluding hydrogens is 241 g/mol. The molecule has 1 aromatic rings. The standard InChI is InChI=1S/C9H9Cl2NO3/c1-14-7-4(10)3-5(11)8(15-2)6(7)9(12)13/h3H,1-2H3,(H2,12,13). The number of halogens is 2. The number of nitrogens with two attached hydrogens (primary N) is 1. The molecule has 0 atom stereocenters. The lowest BCUT2D eigenvalue weighted by Gasteiger charge is -2.13. The fourth-order valence-electron chi connectivity index (χ4n) is 1.21. The maximum Gasteiger partial charge on any atom is 0.256 e. The highest BCUT2D eigenvalue weighted by molar-refractivity contribution is 6.37. The van der Waals surface area contributed by atoms with E-state index in [1.807, 2.05) is 0 Å². The molecule has 0 fully saturated rings. The van der Waals surface area contributed by atoms with Crippen molar-refractivity contribution in [3.8, 4) is 11.5 Å². The Morgan fingerprint density at radius 3 is 1.87 bits per heavy atom. The molecule has 6 heteroatoms. The highest BCUT2D eigenvalue weighted by atomic mass is 35.5. The van der Waals surface area contributed by atoms with Gasteiger partial charge in [-0.3, -0.25) is 4.79 Å². The second kappa shape index (κ2) is 4.59. The van der Waals surface area contributed by atoms with Crippen molar-refractivity contribution < 1.29 is 14.3 Å². The number of carbonyl (C=O) groups is 1. The number of hydrogen-bond acceptors (Lipinski definition) is 3. The van der Waals surface area contributed by atoms with Crippen LogP contribution in [0.15, 0.2) is 6.07 Å². The first-order chi connectivity index (χ1) is 7.02. The first-order valence-corrected chi connectivity index (χ1v) is 4.68. The summed E-state index contributed by atoms with van der Waals surface area (Å²) in [7, 11) is 2.75. The van der Waals surface area contributed by atoms with Crippen LogP contribution in [0.3, 0.4) is 0 Å². The summed E-state index contributed by atoms with van der Waals surface area (Å²) >= 11 is 11.7. The molecule has 4 nitrogen and oxygen atoms in total. The van der Waals surface area contributed by atoms with Crippen LogP contribution in [-0.2, 0) is 0 Å². The maximum atomic E-state index is 11.2. The molecule has 1 aromatic carbocycles. The van der Waals surface area contributed by atoms with Crippen LogP contribution in [0.1, 0.15) is 10.4 Å². The lowest BCUT2D eigenvalue weighted by molar-refractivity contribution is 0.0994. The van der Waals surface area contributed by atoms with Gasteiger partial charge in [0.1, 0.15) is 5.56 Å².